The van der Waals surface area contributed by atoms with Crippen molar-refractivity contribution in [3.05, 3.63) is 48.0 Å². The molecule has 1 aliphatic heterocycles. The summed E-state index contributed by atoms with van der Waals surface area (Å²) in [5.74, 6) is 0.737. The zero-order chi connectivity index (χ0) is 12.4. The Hall–Kier alpha value is -1.34. The van der Waals surface area contributed by atoms with Crippen molar-refractivity contribution in [1.29, 1.82) is 0 Å². The van der Waals surface area contributed by atoms with Crippen LogP contribution in [0.15, 0.2) is 42.5 Å². The third-order valence-corrected chi connectivity index (χ3v) is 4.23. The SMILES string of the molecule is CC[C@H]1C[C@H](c2ccc3ccccc3c2)CCN1. The Morgan fingerprint density at radius 2 is 1.94 bits per heavy atom. The predicted octanol–water partition coefficient (Wildman–Crippen LogP) is 4.09. The van der Waals surface area contributed by atoms with E-state index in [1.165, 1.54) is 35.6 Å². The molecule has 1 fully saturated rings. The van der Waals surface area contributed by atoms with Gasteiger partial charge in [0.25, 0.3) is 0 Å². The lowest BCUT2D eigenvalue weighted by Gasteiger charge is -2.30. The number of piperidine rings is 1. The molecule has 0 saturated carbocycles. The average molecular weight is 239 g/mol. The van der Waals surface area contributed by atoms with E-state index in [1.54, 1.807) is 0 Å². The fourth-order valence-corrected chi connectivity index (χ4v) is 3.08. The van der Waals surface area contributed by atoms with Crippen LogP contribution in [-0.2, 0) is 0 Å². The number of hydrogen-bond acceptors (Lipinski definition) is 1. The number of nitrogens with one attached hydrogen (secondary N) is 1. The van der Waals surface area contributed by atoms with Gasteiger partial charge in [-0.1, -0.05) is 49.4 Å². The van der Waals surface area contributed by atoms with Gasteiger partial charge in [-0.3, -0.25) is 0 Å². The van der Waals surface area contributed by atoms with Crippen molar-refractivity contribution in [1.82, 2.24) is 5.32 Å². The van der Waals surface area contributed by atoms with Crippen LogP contribution in [0.5, 0.6) is 0 Å². The topological polar surface area (TPSA) is 12.0 Å². The summed E-state index contributed by atoms with van der Waals surface area (Å²) >= 11 is 0. The largest absolute Gasteiger partial charge is 0.314 e. The van der Waals surface area contributed by atoms with Crippen LogP contribution >= 0.6 is 0 Å². The van der Waals surface area contributed by atoms with E-state index in [-0.39, 0.29) is 0 Å². The second-order valence-electron chi connectivity index (χ2n) is 5.39. The zero-order valence-electron chi connectivity index (χ0n) is 11.0. The molecular weight excluding hydrogens is 218 g/mol. The van der Waals surface area contributed by atoms with Crippen LogP contribution in [0.2, 0.25) is 0 Å². The second kappa shape index (κ2) is 5.11. The molecule has 94 valence electrons. The van der Waals surface area contributed by atoms with E-state index in [2.05, 4.69) is 54.7 Å². The Balaban J connectivity index is 1.89. The summed E-state index contributed by atoms with van der Waals surface area (Å²) in [6.45, 7) is 3.44. The van der Waals surface area contributed by atoms with E-state index >= 15 is 0 Å². The molecular formula is C17H21N. The Kier molecular flexibility index (Phi) is 3.33. The van der Waals surface area contributed by atoms with E-state index in [1.807, 2.05) is 0 Å². The molecule has 1 heterocycles. The minimum Gasteiger partial charge on any atom is -0.314 e. The lowest BCUT2D eigenvalue weighted by Crippen LogP contribution is -2.36. The van der Waals surface area contributed by atoms with Gasteiger partial charge in [-0.2, -0.15) is 0 Å². The van der Waals surface area contributed by atoms with Crippen LogP contribution in [0, 0.1) is 0 Å². The number of rotatable bonds is 2. The Bertz CT molecular complexity index is 532. The highest BCUT2D eigenvalue weighted by molar-refractivity contribution is 5.83. The van der Waals surface area contributed by atoms with Crippen LogP contribution < -0.4 is 5.32 Å². The first kappa shape index (κ1) is 11.7. The van der Waals surface area contributed by atoms with Gasteiger partial charge < -0.3 is 5.32 Å². The summed E-state index contributed by atoms with van der Waals surface area (Å²) < 4.78 is 0. The van der Waals surface area contributed by atoms with Crippen LogP contribution in [0.3, 0.4) is 0 Å². The van der Waals surface area contributed by atoms with Gasteiger partial charge in [-0.05, 0) is 48.1 Å². The van der Waals surface area contributed by atoms with E-state index in [9.17, 15) is 0 Å². The molecule has 0 radical (unpaired) electrons. The maximum absolute atomic E-state index is 3.61. The Morgan fingerprint density at radius 3 is 2.78 bits per heavy atom. The van der Waals surface area contributed by atoms with Gasteiger partial charge in [-0.25, -0.2) is 0 Å². The molecule has 2 atom stereocenters. The smallest absolute Gasteiger partial charge is 0.00702 e. The maximum Gasteiger partial charge on any atom is 0.00702 e. The summed E-state index contributed by atoms with van der Waals surface area (Å²) in [6, 6.07) is 16.3. The van der Waals surface area contributed by atoms with Crippen LogP contribution in [-0.4, -0.2) is 12.6 Å². The maximum atomic E-state index is 3.61. The average Bonchev–Trinajstić information content (AvgIpc) is 2.47. The molecule has 0 spiro atoms. The highest BCUT2D eigenvalue weighted by Gasteiger charge is 2.21. The number of benzene rings is 2. The molecule has 2 aromatic rings. The molecule has 3 rings (SSSR count). The van der Waals surface area contributed by atoms with Crippen LogP contribution in [0.1, 0.15) is 37.7 Å². The monoisotopic (exact) mass is 239 g/mol. The fraction of sp³-hybridized carbons (Fsp3) is 0.412. The summed E-state index contributed by atoms with van der Waals surface area (Å²) in [7, 11) is 0. The first-order valence-corrected chi connectivity index (χ1v) is 7.09. The molecule has 0 bridgehead atoms. The second-order valence-corrected chi connectivity index (χ2v) is 5.39. The van der Waals surface area contributed by atoms with Crippen LogP contribution in [0.4, 0.5) is 0 Å². The standard InChI is InChI=1S/C17H21N/c1-2-17-12-16(9-10-18-17)15-8-7-13-5-3-4-6-14(13)11-15/h3-8,11,16-18H,2,9-10,12H2,1H3/t16-,17+/m1/s1. The molecule has 1 heteroatoms. The summed E-state index contributed by atoms with van der Waals surface area (Å²) in [4.78, 5) is 0. The van der Waals surface area contributed by atoms with Crippen molar-refractivity contribution in [3.63, 3.8) is 0 Å². The van der Waals surface area contributed by atoms with Gasteiger partial charge >= 0.3 is 0 Å². The number of hydrogen-bond donors (Lipinski definition) is 1. The van der Waals surface area contributed by atoms with Crippen molar-refractivity contribution in [3.8, 4) is 0 Å². The first-order valence-electron chi connectivity index (χ1n) is 7.09. The third kappa shape index (κ3) is 2.28. The molecule has 1 N–H and O–H groups in total. The van der Waals surface area contributed by atoms with Crippen LogP contribution in [0.25, 0.3) is 10.8 Å². The lowest BCUT2D eigenvalue weighted by atomic mass is 9.85. The first-order chi connectivity index (χ1) is 8.86. The predicted molar refractivity (Wildman–Crippen MR) is 78.0 cm³/mol. The minimum absolute atomic E-state index is 0.704. The third-order valence-electron chi connectivity index (χ3n) is 4.23. The molecule has 0 aliphatic carbocycles. The molecule has 1 saturated heterocycles. The molecule has 0 unspecified atom stereocenters. The molecule has 2 aromatic carbocycles. The van der Waals surface area contributed by atoms with Crippen molar-refractivity contribution in [2.45, 2.75) is 38.1 Å². The summed E-state index contributed by atoms with van der Waals surface area (Å²) in [6.07, 6.45) is 3.80. The van der Waals surface area contributed by atoms with Gasteiger partial charge in [0, 0.05) is 6.04 Å². The van der Waals surface area contributed by atoms with E-state index < -0.39 is 0 Å². The quantitative estimate of drug-likeness (QED) is 0.832. The Labute approximate surface area is 109 Å². The molecule has 0 aromatic heterocycles. The van der Waals surface area contributed by atoms with E-state index in [4.69, 9.17) is 0 Å². The van der Waals surface area contributed by atoms with Crippen molar-refractivity contribution >= 4 is 10.8 Å². The number of fused-ring (bicyclic) bond motifs is 1. The van der Waals surface area contributed by atoms with Gasteiger partial charge in [0.1, 0.15) is 0 Å². The van der Waals surface area contributed by atoms with E-state index in [0.717, 1.165) is 12.5 Å². The van der Waals surface area contributed by atoms with Crippen molar-refractivity contribution in [2.75, 3.05) is 6.54 Å². The molecule has 1 nitrogen and oxygen atoms in total. The molecule has 0 amide bonds. The minimum atomic E-state index is 0.704. The summed E-state index contributed by atoms with van der Waals surface area (Å²) in [5, 5.41) is 6.33. The summed E-state index contributed by atoms with van der Waals surface area (Å²) in [5.41, 5.74) is 1.52. The van der Waals surface area contributed by atoms with Gasteiger partial charge in [0.2, 0.25) is 0 Å². The normalized spacial score (nSPS) is 24.3. The lowest BCUT2D eigenvalue weighted by molar-refractivity contribution is 0.355. The zero-order valence-corrected chi connectivity index (χ0v) is 11.0. The van der Waals surface area contributed by atoms with Gasteiger partial charge in [0.15, 0.2) is 0 Å². The van der Waals surface area contributed by atoms with E-state index in [0.29, 0.717) is 6.04 Å². The van der Waals surface area contributed by atoms with Gasteiger partial charge in [0.05, 0.1) is 0 Å². The highest BCUT2D eigenvalue weighted by atomic mass is 14.9. The highest BCUT2D eigenvalue weighted by Crippen LogP contribution is 2.30. The van der Waals surface area contributed by atoms with Crippen molar-refractivity contribution < 1.29 is 0 Å². The Morgan fingerprint density at radius 1 is 1.11 bits per heavy atom. The molecule has 1 aliphatic rings. The van der Waals surface area contributed by atoms with Crippen molar-refractivity contribution in [2.24, 2.45) is 0 Å². The fourth-order valence-electron chi connectivity index (χ4n) is 3.08. The van der Waals surface area contributed by atoms with Gasteiger partial charge in [-0.15, -0.1) is 0 Å². The molecule has 18 heavy (non-hydrogen) atoms.